The number of anilines is 1. The predicted molar refractivity (Wildman–Crippen MR) is 92.2 cm³/mol. The van der Waals surface area contributed by atoms with Crippen molar-refractivity contribution in [1.29, 1.82) is 0 Å². The van der Waals surface area contributed by atoms with Crippen molar-refractivity contribution in [1.82, 2.24) is 9.78 Å². The molecule has 0 aliphatic carbocycles. The molecule has 0 saturated heterocycles. The highest BCUT2D eigenvalue weighted by atomic mass is 35.5. The minimum atomic E-state index is -4.39. The Bertz CT molecular complexity index is 937. The minimum Gasteiger partial charge on any atom is -0.319 e. The zero-order chi connectivity index (χ0) is 18.7. The van der Waals surface area contributed by atoms with Gasteiger partial charge in [0.15, 0.2) is 0 Å². The molecule has 0 fully saturated rings. The van der Waals surface area contributed by atoms with E-state index in [-0.39, 0.29) is 6.54 Å². The maximum atomic E-state index is 12.8. The first-order valence-corrected chi connectivity index (χ1v) is 7.95. The average molecular weight is 380 g/mol. The second-order valence-corrected chi connectivity index (χ2v) is 5.97. The Kier molecular flexibility index (Phi) is 4.99. The van der Waals surface area contributed by atoms with Crippen LogP contribution in [0.15, 0.2) is 60.9 Å². The fourth-order valence-electron chi connectivity index (χ4n) is 2.39. The van der Waals surface area contributed by atoms with Gasteiger partial charge >= 0.3 is 6.18 Å². The molecule has 0 atom stereocenters. The number of amides is 1. The Hall–Kier alpha value is -2.80. The number of nitrogens with zero attached hydrogens (tertiary/aromatic N) is 2. The number of benzene rings is 2. The summed E-state index contributed by atoms with van der Waals surface area (Å²) in [5.41, 5.74) is 0.475. The lowest BCUT2D eigenvalue weighted by Crippen LogP contribution is -2.12. The van der Waals surface area contributed by atoms with Gasteiger partial charge in [-0.1, -0.05) is 35.9 Å². The molecule has 0 aliphatic heterocycles. The predicted octanol–water partition coefficient (Wildman–Crippen LogP) is 4.86. The Morgan fingerprint density at radius 2 is 1.92 bits per heavy atom. The van der Waals surface area contributed by atoms with E-state index in [1.54, 1.807) is 30.3 Å². The molecule has 1 aromatic heterocycles. The first kappa shape index (κ1) is 18.0. The number of alkyl halides is 3. The largest absolute Gasteiger partial charge is 0.416 e. The number of carbonyl (C=O) groups is 1. The van der Waals surface area contributed by atoms with Crippen molar-refractivity contribution < 1.29 is 18.0 Å². The van der Waals surface area contributed by atoms with Gasteiger partial charge in [-0.15, -0.1) is 0 Å². The third kappa shape index (κ3) is 4.23. The topological polar surface area (TPSA) is 46.9 Å². The summed E-state index contributed by atoms with van der Waals surface area (Å²) in [7, 11) is 0. The first-order valence-electron chi connectivity index (χ1n) is 7.57. The van der Waals surface area contributed by atoms with E-state index in [1.165, 1.54) is 23.1 Å². The van der Waals surface area contributed by atoms with Gasteiger partial charge in [0, 0.05) is 6.20 Å². The van der Waals surface area contributed by atoms with Crippen LogP contribution >= 0.6 is 11.6 Å². The van der Waals surface area contributed by atoms with Crippen LogP contribution in [0.1, 0.15) is 21.5 Å². The molecule has 2 aromatic carbocycles. The number of hydrogen-bond donors (Lipinski definition) is 1. The van der Waals surface area contributed by atoms with E-state index >= 15 is 0 Å². The van der Waals surface area contributed by atoms with Crippen LogP contribution in [-0.4, -0.2) is 15.7 Å². The number of halogens is 4. The molecule has 4 nitrogen and oxygen atoms in total. The summed E-state index contributed by atoms with van der Waals surface area (Å²) in [5, 5.41) is 7.04. The maximum Gasteiger partial charge on any atom is 0.416 e. The molecule has 8 heteroatoms. The molecule has 26 heavy (non-hydrogen) atoms. The molecule has 1 heterocycles. The Morgan fingerprint density at radius 1 is 1.15 bits per heavy atom. The van der Waals surface area contributed by atoms with Gasteiger partial charge in [0.25, 0.3) is 5.91 Å². The molecule has 3 aromatic rings. The van der Waals surface area contributed by atoms with Crippen molar-refractivity contribution in [2.75, 3.05) is 5.32 Å². The second-order valence-electron chi connectivity index (χ2n) is 5.56. The number of rotatable bonds is 4. The SMILES string of the molecule is O=C(Nc1cnn(Cc2cccc(C(F)(F)F)c2)c1)c1ccccc1Cl. The van der Waals surface area contributed by atoms with E-state index in [0.717, 1.165) is 12.1 Å². The van der Waals surface area contributed by atoms with Gasteiger partial charge < -0.3 is 5.32 Å². The van der Waals surface area contributed by atoms with Crippen molar-refractivity contribution in [3.8, 4) is 0 Å². The van der Waals surface area contributed by atoms with Crippen molar-refractivity contribution in [3.05, 3.63) is 82.6 Å². The molecule has 3 rings (SSSR count). The van der Waals surface area contributed by atoms with Crippen molar-refractivity contribution in [2.45, 2.75) is 12.7 Å². The standard InChI is InChI=1S/C18H13ClF3N3O/c19-16-7-2-1-6-15(16)17(26)24-14-9-23-25(11-14)10-12-4-3-5-13(8-12)18(20,21)22/h1-9,11H,10H2,(H,24,26). The third-order valence-electron chi connectivity index (χ3n) is 3.61. The number of aromatic nitrogens is 2. The minimum absolute atomic E-state index is 0.145. The smallest absolute Gasteiger partial charge is 0.319 e. The third-order valence-corrected chi connectivity index (χ3v) is 3.94. The highest BCUT2D eigenvalue weighted by Crippen LogP contribution is 2.29. The zero-order valence-electron chi connectivity index (χ0n) is 13.3. The Balaban J connectivity index is 1.71. The van der Waals surface area contributed by atoms with Crippen LogP contribution in [0.3, 0.4) is 0 Å². The molecule has 0 saturated carbocycles. The summed E-state index contributed by atoms with van der Waals surface area (Å²) in [6.45, 7) is 0.145. The number of carbonyl (C=O) groups excluding carboxylic acids is 1. The van der Waals surface area contributed by atoms with Gasteiger partial charge in [-0.25, -0.2) is 0 Å². The van der Waals surface area contributed by atoms with Crippen LogP contribution in [0.25, 0.3) is 0 Å². The molecule has 1 amide bonds. The summed E-state index contributed by atoms with van der Waals surface area (Å²) in [6.07, 6.45) is -1.44. The van der Waals surface area contributed by atoms with E-state index in [9.17, 15) is 18.0 Å². The van der Waals surface area contributed by atoms with Gasteiger partial charge in [0.1, 0.15) is 0 Å². The number of nitrogens with one attached hydrogen (secondary N) is 1. The molecule has 0 aliphatic rings. The lowest BCUT2D eigenvalue weighted by atomic mass is 10.1. The highest BCUT2D eigenvalue weighted by molar-refractivity contribution is 6.34. The van der Waals surface area contributed by atoms with E-state index in [2.05, 4.69) is 10.4 Å². The summed E-state index contributed by atoms with van der Waals surface area (Å²) >= 11 is 5.98. The lowest BCUT2D eigenvalue weighted by Gasteiger charge is -2.08. The van der Waals surface area contributed by atoms with Crippen LogP contribution in [0.5, 0.6) is 0 Å². The first-order chi connectivity index (χ1) is 12.3. The average Bonchev–Trinajstić information content (AvgIpc) is 3.01. The van der Waals surface area contributed by atoms with Gasteiger partial charge in [-0.3, -0.25) is 9.48 Å². The van der Waals surface area contributed by atoms with Crippen molar-refractivity contribution >= 4 is 23.2 Å². The van der Waals surface area contributed by atoms with E-state index in [0.29, 0.717) is 21.8 Å². The summed E-state index contributed by atoms with van der Waals surface area (Å²) in [5.74, 6) is -0.394. The molecule has 0 unspecified atom stereocenters. The molecule has 0 spiro atoms. The van der Waals surface area contributed by atoms with Crippen LogP contribution < -0.4 is 5.32 Å². The van der Waals surface area contributed by atoms with Gasteiger partial charge in [0.05, 0.1) is 34.6 Å². The van der Waals surface area contributed by atoms with E-state index in [1.807, 2.05) is 0 Å². The molecule has 1 N–H and O–H groups in total. The van der Waals surface area contributed by atoms with E-state index in [4.69, 9.17) is 11.6 Å². The fraction of sp³-hybridized carbons (Fsp3) is 0.111. The van der Waals surface area contributed by atoms with Crippen LogP contribution in [0, 0.1) is 0 Å². The Morgan fingerprint density at radius 3 is 2.65 bits per heavy atom. The molecule has 134 valence electrons. The van der Waals surface area contributed by atoms with Crippen molar-refractivity contribution in [2.24, 2.45) is 0 Å². The van der Waals surface area contributed by atoms with Gasteiger partial charge in [0.2, 0.25) is 0 Å². The second kappa shape index (κ2) is 7.21. The normalized spacial score (nSPS) is 11.4. The van der Waals surface area contributed by atoms with Crippen LogP contribution in [0.2, 0.25) is 5.02 Å². The monoisotopic (exact) mass is 379 g/mol. The van der Waals surface area contributed by atoms with Crippen molar-refractivity contribution in [3.63, 3.8) is 0 Å². The summed E-state index contributed by atoms with van der Waals surface area (Å²) in [6, 6.07) is 11.6. The summed E-state index contributed by atoms with van der Waals surface area (Å²) in [4.78, 5) is 12.2. The molecule has 0 bridgehead atoms. The van der Waals surface area contributed by atoms with Gasteiger partial charge in [-0.05, 0) is 29.8 Å². The zero-order valence-corrected chi connectivity index (χ0v) is 14.1. The molecular weight excluding hydrogens is 367 g/mol. The Labute approximate surface area is 152 Å². The molecule has 0 radical (unpaired) electrons. The lowest BCUT2D eigenvalue weighted by molar-refractivity contribution is -0.137. The maximum absolute atomic E-state index is 12.8. The fourth-order valence-corrected chi connectivity index (χ4v) is 2.61. The highest BCUT2D eigenvalue weighted by Gasteiger charge is 2.30. The quantitative estimate of drug-likeness (QED) is 0.704. The van der Waals surface area contributed by atoms with Crippen LogP contribution in [0.4, 0.5) is 18.9 Å². The van der Waals surface area contributed by atoms with Crippen LogP contribution in [-0.2, 0) is 12.7 Å². The van der Waals surface area contributed by atoms with E-state index < -0.39 is 17.6 Å². The van der Waals surface area contributed by atoms with Gasteiger partial charge in [-0.2, -0.15) is 18.3 Å². The number of hydrogen-bond acceptors (Lipinski definition) is 2. The summed E-state index contributed by atoms with van der Waals surface area (Å²) < 4.78 is 39.7. The molecular formula is C18H13ClF3N3O.